The third-order valence-electron chi connectivity index (χ3n) is 4.54. The van der Waals surface area contributed by atoms with Crippen molar-refractivity contribution in [1.82, 2.24) is 0 Å². The zero-order valence-corrected chi connectivity index (χ0v) is 12.7. The Bertz CT molecular complexity index is 443. The maximum absolute atomic E-state index is 6.40. The van der Waals surface area contributed by atoms with Crippen molar-refractivity contribution in [2.75, 3.05) is 0 Å². The first-order chi connectivity index (χ1) is 8.99. The van der Waals surface area contributed by atoms with Crippen molar-refractivity contribution in [3.8, 4) is 5.75 Å². The van der Waals surface area contributed by atoms with Crippen LogP contribution in [0.2, 0.25) is 0 Å². The van der Waals surface area contributed by atoms with Gasteiger partial charge in [-0.3, -0.25) is 0 Å². The lowest BCUT2D eigenvalue weighted by atomic mass is 9.79. The van der Waals surface area contributed by atoms with Crippen LogP contribution in [0.1, 0.15) is 63.6 Å². The molecule has 0 aliphatic carbocycles. The van der Waals surface area contributed by atoms with E-state index < -0.39 is 0 Å². The Balaban J connectivity index is 2.29. The first kappa shape index (κ1) is 14.4. The highest BCUT2D eigenvalue weighted by Crippen LogP contribution is 2.43. The van der Waals surface area contributed by atoms with Crippen LogP contribution in [0.3, 0.4) is 0 Å². The van der Waals surface area contributed by atoms with Crippen LogP contribution in [0.5, 0.6) is 5.75 Å². The quantitative estimate of drug-likeness (QED) is 0.874. The highest BCUT2D eigenvalue weighted by atomic mass is 16.5. The van der Waals surface area contributed by atoms with Gasteiger partial charge >= 0.3 is 0 Å². The second-order valence-corrected chi connectivity index (χ2v) is 6.21. The van der Waals surface area contributed by atoms with Crippen molar-refractivity contribution in [2.24, 2.45) is 11.7 Å². The van der Waals surface area contributed by atoms with Gasteiger partial charge in [0.15, 0.2) is 0 Å². The fraction of sp³-hybridized carbons (Fsp3) is 0.647. The first-order valence-corrected chi connectivity index (χ1v) is 7.55. The Kier molecular flexibility index (Phi) is 4.19. The molecule has 1 aromatic rings. The molecule has 2 nitrogen and oxygen atoms in total. The van der Waals surface area contributed by atoms with E-state index in [0.29, 0.717) is 5.92 Å². The summed E-state index contributed by atoms with van der Waals surface area (Å²) in [6.07, 6.45) is 4.25. The molecule has 0 fully saturated rings. The van der Waals surface area contributed by atoms with E-state index in [-0.39, 0.29) is 11.6 Å². The summed E-state index contributed by atoms with van der Waals surface area (Å²) in [5, 5.41) is 0. The maximum atomic E-state index is 6.40. The van der Waals surface area contributed by atoms with Crippen LogP contribution in [-0.4, -0.2) is 5.60 Å². The number of aryl methyl sites for hydroxylation is 1. The average molecular weight is 261 g/mol. The Morgan fingerprint density at radius 3 is 2.79 bits per heavy atom. The molecule has 2 unspecified atom stereocenters. The molecular formula is C17H27NO. The second kappa shape index (κ2) is 5.54. The lowest BCUT2D eigenvalue weighted by molar-refractivity contribution is 0.0104. The monoisotopic (exact) mass is 261 g/mol. The largest absolute Gasteiger partial charge is 0.487 e. The lowest BCUT2D eigenvalue weighted by Crippen LogP contribution is -2.43. The van der Waals surface area contributed by atoms with E-state index in [2.05, 4.69) is 45.9 Å². The minimum absolute atomic E-state index is 0.0723. The molecule has 2 rings (SSSR count). The molecule has 19 heavy (non-hydrogen) atoms. The second-order valence-electron chi connectivity index (χ2n) is 6.21. The van der Waals surface area contributed by atoms with Crippen LogP contribution < -0.4 is 10.5 Å². The van der Waals surface area contributed by atoms with Gasteiger partial charge in [0.2, 0.25) is 0 Å². The summed E-state index contributed by atoms with van der Waals surface area (Å²) in [5.74, 6) is 1.67. The van der Waals surface area contributed by atoms with E-state index in [4.69, 9.17) is 10.5 Å². The summed E-state index contributed by atoms with van der Waals surface area (Å²) in [6.45, 7) is 8.87. The number of hydrogen-bond acceptors (Lipinski definition) is 2. The van der Waals surface area contributed by atoms with E-state index in [1.165, 1.54) is 17.5 Å². The number of hydrogen-bond donors (Lipinski definition) is 1. The predicted molar refractivity (Wildman–Crippen MR) is 80.4 cm³/mol. The smallest absolute Gasteiger partial charge is 0.124 e. The molecular weight excluding hydrogens is 234 g/mol. The van der Waals surface area contributed by atoms with Crippen molar-refractivity contribution in [3.63, 3.8) is 0 Å². The van der Waals surface area contributed by atoms with Crippen molar-refractivity contribution < 1.29 is 4.74 Å². The molecule has 0 bridgehead atoms. The van der Waals surface area contributed by atoms with Crippen LogP contribution in [0.4, 0.5) is 0 Å². The van der Waals surface area contributed by atoms with Crippen LogP contribution in [0, 0.1) is 12.8 Å². The van der Waals surface area contributed by atoms with E-state index in [0.717, 1.165) is 25.0 Å². The third kappa shape index (κ3) is 2.94. The predicted octanol–water partition coefficient (Wildman–Crippen LogP) is 4.36. The van der Waals surface area contributed by atoms with Gasteiger partial charge in [-0.1, -0.05) is 44.9 Å². The van der Waals surface area contributed by atoms with Gasteiger partial charge in [-0.15, -0.1) is 0 Å². The van der Waals surface area contributed by atoms with Crippen molar-refractivity contribution >= 4 is 0 Å². The molecule has 1 aliphatic rings. The molecule has 2 heteroatoms. The molecule has 106 valence electrons. The van der Waals surface area contributed by atoms with Gasteiger partial charge in [-0.05, 0) is 31.7 Å². The Morgan fingerprint density at radius 1 is 1.42 bits per heavy atom. The molecule has 1 aliphatic heterocycles. The molecule has 3 atom stereocenters. The molecule has 1 heterocycles. The van der Waals surface area contributed by atoms with Crippen molar-refractivity contribution in [2.45, 2.75) is 65.0 Å². The highest BCUT2D eigenvalue weighted by Gasteiger charge is 2.39. The Labute approximate surface area is 117 Å². The normalized spacial score (nSPS) is 27.5. The number of benzene rings is 1. The summed E-state index contributed by atoms with van der Waals surface area (Å²) in [5.41, 5.74) is 8.76. The Morgan fingerprint density at radius 2 is 2.16 bits per heavy atom. The minimum Gasteiger partial charge on any atom is -0.487 e. The summed E-state index contributed by atoms with van der Waals surface area (Å²) >= 11 is 0. The average Bonchev–Trinajstić information content (AvgIpc) is 2.39. The van der Waals surface area contributed by atoms with Crippen molar-refractivity contribution in [1.29, 1.82) is 0 Å². The number of nitrogens with two attached hydrogens (primary N) is 1. The third-order valence-corrected chi connectivity index (χ3v) is 4.54. The van der Waals surface area contributed by atoms with Gasteiger partial charge in [0.25, 0.3) is 0 Å². The first-order valence-electron chi connectivity index (χ1n) is 7.55. The zero-order chi connectivity index (χ0) is 14.0. The van der Waals surface area contributed by atoms with Gasteiger partial charge in [-0.2, -0.15) is 0 Å². The summed E-state index contributed by atoms with van der Waals surface area (Å²) in [7, 11) is 0. The van der Waals surface area contributed by atoms with Crippen LogP contribution in [-0.2, 0) is 0 Å². The number of rotatable bonds is 4. The molecule has 0 saturated heterocycles. The van der Waals surface area contributed by atoms with E-state index in [1.54, 1.807) is 0 Å². The van der Waals surface area contributed by atoms with Gasteiger partial charge in [0.1, 0.15) is 11.4 Å². The number of fused-ring (bicyclic) bond motifs is 1. The molecule has 0 spiro atoms. The molecule has 2 N–H and O–H groups in total. The van der Waals surface area contributed by atoms with E-state index in [9.17, 15) is 0 Å². The van der Waals surface area contributed by atoms with Gasteiger partial charge < -0.3 is 10.5 Å². The molecule has 0 aromatic heterocycles. The molecule has 0 amide bonds. The van der Waals surface area contributed by atoms with Crippen LogP contribution in [0.25, 0.3) is 0 Å². The molecule has 0 radical (unpaired) electrons. The highest BCUT2D eigenvalue weighted by molar-refractivity contribution is 5.41. The zero-order valence-electron chi connectivity index (χ0n) is 12.7. The number of ether oxygens (including phenoxy) is 1. The van der Waals surface area contributed by atoms with Gasteiger partial charge in [-0.25, -0.2) is 0 Å². The minimum atomic E-state index is -0.0723. The van der Waals surface area contributed by atoms with E-state index >= 15 is 0 Å². The van der Waals surface area contributed by atoms with Crippen LogP contribution in [0.15, 0.2) is 18.2 Å². The van der Waals surface area contributed by atoms with Gasteiger partial charge in [0, 0.05) is 18.0 Å². The van der Waals surface area contributed by atoms with Gasteiger partial charge in [0.05, 0.1) is 0 Å². The Hall–Kier alpha value is -1.02. The molecule has 0 saturated carbocycles. The summed E-state index contributed by atoms with van der Waals surface area (Å²) < 4.78 is 6.39. The van der Waals surface area contributed by atoms with Crippen LogP contribution >= 0.6 is 0 Å². The summed E-state index contributed by atoms with van der Waals surface area (Å²) in [4.78, 5) is 0. The lowest BCUT2D eigenvalue weighted by Gasteiger charge is -2.42. The fourth-order valence-corrected chi connectivity index (χ4v) is 3.10. The van der Waals surface area contributed by atoms with E-state index in [1.807, 2.05) is 0 Å². The fourth-order valence-electron chi connectivity index (χ4n) is 3.10. The molecule has 1 aromatic carbocycles. The standard InChI is InChI=1S/C17H27NO/c1-5-12(3)10-17(6-2)11-15(18)14-9-13(4)7-8-16(14)19-17/h7-9,12,15H,5-6,10-11,18H2,1-4H3/t12?,15-,17?/m0/s1. The maximum Gasteiger partial charge on any atom is 0.124 e. The van der Waals surface area contributed by atoms with Crippen molar-refractivity contribution in [3.05, 3.63) is 29.3 Å². The SMILES string of the molecule is CCC(C)CC1(CC)C[C@H](N)c2cc(C)ccc2O1. The topological polar surface area (TPSA) is 35.2 Å². The summed E-state index contributed by atoms with van der Waals surface area (Å²) in [6, 6.07) is 6.47.